The molecule has 3 rings (SSSR count). The van der Waals surface area contributed by atoms with E-state index in [1.165, 1.54) is 12.1 Å². The molecule has 2 aromatic carbocycles. The predicted molar refractivity (Wildman–Crippen MR) is 93.2 cm³/mol. The standard InChI is InChI=1S/C18H17FN2O3S/c1-24-11-16-20-17(12-3-7-14(19)8-4-12)18(21-16)13-5-9-15(10-6-13)25(2,22)23/h3-10H,11H2,1-2H3,(H,20,21). The molecule has 25 heavy (non-hydrogen) atoms. The number of halogens is 1. The van der Waals surface area contributed by atoms with E-state index in [-0.39, 0.29) is 10.7 Å². The Hall–Kier alpha value is -2.51. The molecule has 0 saturated heterocycles. The Morgan fingerprint density at radius 1 is 1.04 bits per heavy atom. The highest BCUT2D eigenvalue weighted by atomic mass is 32.2. The number of H-pyrrole nitrogens is 1. The Labute approximate surface area is 145 Å². The molecule has 0 spiro atoms. The zero-order chi connectivity index (χ0) is 18.0. The van der Waals surface area contributed by atoms with Gasteiger partial charge in [-0.2, -0.15) is 0 Å². The van der Waals surface area contributed by atoms with Crippen molar-refractivity contribution < 1.29 is 17.5 Å². The summed E-state index contributed by atoms with van der Waals surface area (Å²) >= 11 is 0. The van der Waals surface area contributed by atoms with Crippen molar-refractivity contribution in [2.75, 3.05) is 13.4 Å². The van der Waals surface area contributed by atoms with E-state index < -0.39 is 9.84 Å². The Morgan fingerprint density at radius 3 is 2.20 bits per heavy atom. The molecule has 0 aliphatic heterocycles. The van der Waals surface area contributed by atoms with Gasteiger partial charge in [0, 0.05) is 24.5 Å². The Kier molecular flexibility index (Phi) is 4.69. The molecule has 0 unspecified atom stereocenters. The number of sulfone groups is 1. The number of nitrogens with one attached hydrogen (secondary N) is 1. The van der Waals surface area contributed by atoms with Gasteiger partial charge in [-0.05, 0) is 36.4 Å². The van der Waals surface area contributed by atoms with Gasteiger partial charge in [0.15, 0.2) is 9.84 Å². The summed E-state index contributed by atoms with van der Waals surface area (Å²) in [5, 5.41) is 0. The minimum atomic E-state index is -3.26. The van der Waals surface area contributed by atoms with E-state index in [4.69, 9.17) is 4.74 Å². The second-order valence-electron chi connectivity index (χ2n) is 5.64. The summed E-state index contributed by atoms with van der Waals surface area (Å²) in [5.41, 5.74) is 2.90. The lowest BCUT2D eigenvalue weighted by atomic mass is 10.1. The maximum absolute atomic E-state index is 13.2. The van der Waals surface area contributed by atoms with E-state index in [0.29, 0.717) is 18.1 Å². The van der Waals surface area contributed by atoms with Gasteiger partial charge in [-0.3, -0.25) is 0 Å². The van der Waals surface area contributed by atoms with Gasteiger partial charge in [0.25, 0.3) is 0 Å². The molecule has 0 atom stereocenters. The van der Waals surface area contributed by atoms with E-state index in [0.717, 1.165) is 23.1 Å². The maximum Gasteiger partial charge on any atom is 0.175 e. The van der Waals surface area contributed by atoms with Crippen LogP contribution in [0.25, 0.3) is 22.5 Å². The molecule has 5 nitrogen and oxygen atoms in total. The molecule has 0 fully saturated rings. The monoisotopic (exact) mass is 360 g/mol. The van der Waals surface area contributed by atoms with Gasteiger partial charge < -0.3 is 9.72 Å². The highest BCUT2D eigenvalue weighted by Gasteiger charge is 2.15. The van der Waals surface area contributed by atoms with E-state index in [2.05, 4.69) is 9.97 Å². The van der Waals surface area contributed by atoms with Crippen molar-refractivity contribution in [1.82, 2.24) is 9.97 Å². The number of hydrogen-bond acceptors (Lipinski definition) is 4. The molecule has 3 aromatic rings. The van der Waals surface area contributed by atoms with Crippen molar-refractivity contribution in [2.45, 2.75) is 11.5 Å². The lowest BCUT2D eigenvalue weighted by Crippen LogP contribution is -1.96. The average molecular weight is 360 g/mol. The van der Waals surface area contributed by atoms with Gasteiger partial charge in [-0.1, -0.05) is 12.1 Å². The molecule has 1 N–H and O–H groups in total. The van der Waals surface area contributed by atoms with Crippen molar-refractivity contribution in [2.24, 2.45) is 0 Å². The number of rotatable bonds is 5. The minimum Gasteiger partial charge on any atom is -0.377 e. The topological polar surface area (TPSA) is 72.0 Å². The summed E-state index contributed by atoms with van der Waals surface area (Å²) < 4.78 is 41.6. The molecule has 0 amide bonds. The molecule has 0 bridgehead atoms. The minimum absolute atomic E-state index is 0.243. The molecule has 1 heterocycles. The van der Waals surface area contributed by atoms with Crippen LogP contribution >= 0.6 is 0 Å². The van der Waals surface area contributed by atoms with Gasteiger partial charge >= 0.3 is 0 Å². The van der Waals surface area contributed by atoms with Crippen molar-refractivity contribution in [3.8, 4) is 22.5 Å². The number of methoxy groups -OCH3 is 1. The summed E-state index contributed by atoms with van der Waals surface area (Å²) in [6.45, 7) is 0.301. The third kappa shape index (κ3) is 3.78. The maximum atomic E-state index is 13.2. The number of aromatic nitrogens is 2. The van der Waals surface area contributed by atoms with Crippen LogP contribution in [0.4, 0.5) is 4.39 Å². The smallest absolute Gasteiger partial charge is 0.175 e. The highest BCUT2D eigenvalue weighted by Crippen LogP contribution is 2.31. The average Bonchev–Trinajstić information content (AvgIpc) is 2.99. The first-order valence-electron chi connectivity index (χ1n) is 7.53. The van der Waals surface area contributed by atoms with Gasteiger partial charge in [0.1, 0.15) is 18.2 Å². The Bertz CT molecular complexity index is 978. The van der Waals surface area contributed by atoms with Crippen LogP contribution in [0.5, 0.6) is 0 Å². The van der Waals surface area contributed by atoms with Crippen molar-refractivity contribution in [3.05, 3.63) is 60.2 Å². The Morgan fingerprint density at radius 2 is 1.64 bits per heavy atom. The zero-order valence-corrected chi connectivity index (χ0v) is 14.6. The molecule has 0 aliphatic rings. The first-order chi connectivity index (χ1) is 11.9. The van der Waals surface area contributed by atoms with Crippen LogP contribution in [0.15, 0.2) is 53.4 Å². The fourth-order valence-electron chi connectivity index (χ4n) is 2.52. The molecule has 130 valence electrons. The lowest BCUT2D eigenvalue weighted by Gasteiger charge is -2.04. The van der Waals surface area contributed by atoms with Crippen LogP contribution in [0.2, 0.25) is 0 Å². The highest BCUT2D eigenvalue weighted by molar-refractivity contribution is 7.90. The summed E-state index contributed by atoms with van der Waals surface area (Å²) in [5.74, 6) is 0.309. The number of imidazole rings is 1. The second-order valence-corrected chi connectivity index (χ2v) is 7.66. The number of nitrogens with zero attached hydrogens (tertiary/aromatic N) is 1. The third-order valence-corrected chi connectivity index (χ3v) is 4.85. The second kappa shape index (κ2) is 6.78. The lowest BCUT2D eigenvalue weighted by molar-refractivity contribution is 0.178. The fourth-order valence-corrected chi connectivity index (χ4v) is 3.15. The zero-order valence-electron chi connectivity index (χ0n) is 13.8. The number of ether oxygens (including phenoxy) is 1. The molecular formula is C18H17FN2O3S. The first kappa shape index (κ1) is 17.3. The van der Waals surface area contributed by atoms with E-state index in [9.17, 15) is 12.8 Å². The fraction of sp³-hybridized carbons (Fsp3) is 0.167. The molecule has 0 aliphatic carbocycles. The van der Waals surface area contributed by atoms with Crippen LogP contribution in [0, 0.1) is 5.82 Å². The van der Waals surface area contributed by atoms with E-state index >= 15 is 0 Å². The van der Waals surface area contributed by atoms with Crippen LogP contribution in [-0.4, -0.2) is 31.8 Å². The molecular weight excluding hydrogens is 343 g/mol. The van der Waals surface area contributed by atoms with Crippen LogP contribution < -0.4 is 0 Å². The predicted octanol–water partition coefficient (Wildman–Crippen LogP) is 3.43. The number of benzene rings is 2. The van der Waals surface area contributed by atoms with Crippen molar-refractivity contribution in [3.63, 3.8) is 0 Å². The quantitative estimate of drug-likeness (QED) is 0.757. The largest absolute Gasteiger partial charge is 0.377 e. The molecule has 7 heteroatoms. The van der Waals surface area contributed by atoms with E-state index in [1.807, 2.05) is 0 Å². The number of hydrogen-bond donors (Lipinski definition) is 1. The van der Waals surface area contributed by atoms with Gasteiger partial charge in [-0.15, -0.1) is 0 Å². The van der Waals surface area contributed by atoms with Crippen molar-refractivity contribution in [1.29, 1.82) is 0 Å². The summed E-state index contributed by atoms with van der Waals surface area (Å²) in [7, 11) is -1.69. The van der Waals surface area contributed by atoms with Crippen LogP contribution in [-0.2, 0) is 21.2 Å². The molecule has 0 saturated carbocycles. The summed E-state index contributed by atoms with van der Waals surface area (Å²) in [6.07, 6.45) is 1.16. The van der Waals surface area contributed by atoms with Crippen LogP contribution in [0.3, 0.4) is 0 Å². The summed E-state index contributed by atoms with van der Waals surface area (Å²) in [4.78, 5) is 7.96. The van der Waals surface area contributed by atoms with Gasteiger partial charge in [-0.25, -0.2) is 17.8 Å². The third-order valence-electron chi connectivity index (χ3n) is 3.72. The van der Waals surface area contributed by atoms with Gasteiger partial charge in [0.2, 0.25) is 0 Å². The van der Waals surface area contributed by atoms with Crippen molar-refractivity contribution >= 4 is 9.84 Å². The summed E-state index contributed by atoms with van der Waals surface area (Å²) in [6, 6.07) is 12.6. The normalized spacial score (nSPS) is 11.6. The molecule has 1 aromatic heterocycles. The number of aromatic amines is 1. The van der Waals surface area contributed by atoms with E-state index in [1.54, 1.807) is 43.5 Å². The van der Waals surface area contributed by atoms with Gasteiger partial charge in [0.05, 0.1) is 16.3 Å². The first-order valence-corrected chi connectivity index (χ1v) is 9.42. The SMILES string of the molecule is COCc1nc(-c2ccc(S(C)(=O)=O)cc2)c(-c2ccc(F)cc2)[nH]1. The Balaban J connectivity index is 2.09. The van der Waals surface area contributed by atoms with Crippen LogP contribution in [0.1, 0.15) is 5.82 Å². The molecule has 0 radical (unpaired) electrons.